The van der Waals surface area contributed by atoms with Gasteiger partial charge in [-0.3, -0.25) is 4.79 Å². The van der Waals surface area contributed by atoms with Gasteiger partial charge in [-0.05, 0) is 25.5 Å². The predicted octanol–water partition coefficient (Wildman–Crippen LogP) is 2.19. The van der Waals surface area contributed by atoms with Crippen LogP contribution in [-0.2, 0) is 11.2 Å². The Morgan fingerprint density at radius 2 is 1.94 bits per heavy atom. The van der Waals surface area contributed by atoms with Crippen molar-refractivity contribution < 1.29 is 14.7 Å². The van der Waals surface area contributed by atoms with Crippen LogP contribution in [0.25, 0.3) is 0 Å². The number of carboxylic acids is 1. The number of carboxylic acid groups (broad SMARTS) is 1. The average molecular weight is 250 g/mol. The first kappa shape index (κ1) is 14.0. The number of aliphatic carboxylic acids is 1. The van der Waals surface area contributed by atoms with Crippen molar-refractivity contribution in [1.29, 1.82) is 0 Å². The van der Waals surface area contributed by atoms with Crippen LogP contribution < -0.4 is 5.32 Å². The molecule has 1 aromatic carbocycles. The van der Waals surface area contributed by atoms with Crippen LogP contribution in [-0.4, -0.2) is 35.1 Å². The molecule has 1 rings (SSSR count). The van der Waals surface area contributed by atoms with Crippen molar-refractivity contribution in [3.05, 3.63) is 29.8 Å². The van der Waals surface area contributed by atoms with Gasteiger partial charge in [-0.1, -0.05) is 18.2 Å². The number of hydrogen-bond acceptors (Lipinski definition) is 2. The molecule has 0 aliphatic carbocycles. The van der Waals surface area contributed by atoms with Crippen molar-refractivity contribution in [3.8, 4) is 0 Å². The van der Waals surface area contributed by atoms with Crippen LogP contribution in [0.2, 0.25) is 0 Å². The van der Waals surface area contributed by atoms with Crippen LogP contribution in [0.4, 0.5) is 10.5 Å². The Balaban J connectivity index is 2.84. The Labute approximate surface area is 106 Å². The summed E-state index contributed by atoms with van der Waals surface area (Å²) in [6.07, 6.45) is -0.109. The van der Waals surface area contributed by atoms with Gasteiger partial charge in [0.15, 0.2) is 0 Å². The smallest absolute Gasteiger partial charge is 0.321 e. The van der Waals surface area contributed by atoms with Gasteiger partial charge < -0.3 is 15.3 Å². The molecule has 0 aliphatic heterocycles. The number of para-hydroxylation sites is 1. The molecule has 0 saturated heterocycles. The second-order valence-corrected chi connectivity index (χ2v) is 4.36. The third-order valence-electron chi connectivity index (χ3n) is 2.70. The highest BCUT2D eigenvalue weighted by Crippen LogP contribution is 2.16. The molecule has 1 aromatic rings. The molecule has 0 bridgehead atoms. The number of nitrogens with zero attached hydrogens (tertiary/aromatic N) is 1. The minimum atomic E-state index is -0.922. The quantitative estimate of drug-likeness (QED) is 0.860. The second-order valence-electron chi connectivity index (χ2n) is 4.36. The number of nitrogens with one attached hydrogen (secondary N) is 1. The number of hydrogen-bond donors (Lipinski definition) is 2. The lowest BCUT2D eigenvalue weighted by Crippen LogP contribution is -2.36. The van der Waals surface area contributed by atoms with Crippen molar-refractivity contribution in [2.45, 2.75) is 26.3 Å². The molecule has 2 N–H and O–H groups in total. The number of carbonyl (C=O) groups is 2. The fourth-order valence-electron chi connectivity index (χ4n) is 1.40. The standard InChI is InChI=1S/C13H18N2O3/c1-9(2)15(3)13(18)14-11-7-5-4-6-10(11)8-12(16)17/h4-7,9H,8H2,1-3H3,(H,14,18)(H,16,17). The highest BCUT2D eigenvalue weighted by atomic mass is 16.4. The van der Waals surface area contributed by atoms with Crippen molar-refractivity contribution in [1.82, 2.24) is 4.90 Å². The lowest BCUT2D eigenvalue weighted by Gasteiger charge is -2.22. The minimum Gasteiger partial charge on any atom is -0.481 e. The molecule has 0 saturated carbocycles. The van der Waals surface area contributed by atoms with Crippen LogP contribution in [0.1, 0.15) is 19.4 Å². The first-order valence-corrected chi connectivity index (χ1v) is 5.75. The van der Waals surface area contributed by atoms with E-state index in [1.165, 1.54) is 0 Å². The SMILES string of the molecule is CC(C)N(C)C(=O)Nc1ccccc1CC(=O)O. The summed E-state index contributed by atoms with van der Waals surface area (Å²) in [6, 6.07) is 6.74. The topological polar surface area (TPSA) is 69.6 Å². The summed E-state index contributed by atoms with van der Waals surface area (Å²) in [5, 5.41) is 11.5. The molecule has 5 nitrogen and oxygen atoms in total. The highest BCUT2D eigenvalue weighted by molar-refractivity contribution is 5.91. The molecule has 18 heavy (non-hydrogen) atoms. The summed E-state index contributed by atoms with van der Waals surface area (Å²) in [5.41, 5.74) is 1.13. The molecular formula is C13H18N2O3. The van der Waals surface area contributed by atoms with Crippen LogP contribution in [0.5, 0.6) is 0 Å². The van der Waals surface area contributed by atoms with Gasteiger partial charge in [-0.25, -0.2) is 4.79 Å². The van der Waals surface area contributed by atoms with Gasteiger partial charge in [0.2, 0.25) is 0 Å². The van der Waals surface area contributed by atoms with Crippen LogP contribution in [0.3, 0.4) is 0 Å². The third kappa shape index (κ3) is 3.76. The molecule has 5 heteroatoms. The van der Waals surface area contributed by atoms with Gasteiger partial charge in [0.25, 0.3) is 0 Å². The van der Waals surface area contributed by atoms with Crippen LogP contribution in [0, 0.1) is 0 Å². The minimum absolute atomic E-state index is 0.0802. The summed E-state index contributed by atoms with van der Waals surface area (Å²) in [6.45, 7) is 3.81. The van der Waals surface area contributed by atoms with E-state index in [-0.39, 0.29) is 18.5 Å². The number of benzene rings is 1. The van der Waals surface area contributed by atoms with E-state index in [1.807, 2.05) is 13.8 Å². The van der Waals surface area contributed by atoms with Gasteiger partial charge in [-0.15, -0.1) is 0 Å². The van der Waals surface area contributed by atoms with E-state index < -0.39 is 5.97 Å². The van der Waals surface area contributed by atoms with E-state index in [9.17, 15) is 9.59 Å². The average Bonchev–Trinajstić information content (AvgIpc) is 2.29. The number of urea groups is 1. The van der Waals surface area contributed by atoms with Gasteiger partial charge in [0.05, 0.1) is 6.42 Å². The van der Waals surface area contributed by atoms with E-state index in [2.05, 4.69) is 5.32 Å². The lowest BCUT2D eigenvalue weighted by molar-refractivity contribution is -0.136. The molecular weight excluding hydrogens is 232 g/mol. The third-order valence-corrected chi connectivity index (χ3v) is 2.70. The molecule has 0 unspecified atom stereocenters. The zero-order valence-corrected chi connectivity index (χ0v) is 10.8. The van der Waals surface area contributed by atoms with E-state index in [0.29, 0.717) is 11.3 Å². The Morgan fingerprint density at radius 1 is 1.33 bits per heavy atom. The van der Waals surface area contributed by atoms with Gasteiger partial charge in [-0.2, -0.15) is 0 Å². The van der Waals surface area contributed by atoms with Crippen molar-refractivity contribution in [2.24, 2.45) is 0 Å². The first-order chi connectivity index (χ1) is 8.41. The Morgan fingerprint density at radius 3 is 2.50 bits per heavy atom. The number of rotatable bonds is 4. The summed E-state index contributed by atoms with van der Waals surface area (Å²) >= 11 is 0. The second kappa shape index (κ2) is 6.05. The zero-order chi connectivity index (χ0) is 13.7. The molecule has 0 heterocycles. The predicted molar refractivity (Wildman–Crippen MR) is 69.7 cm³/mol. The molecule has 0 fully saturated rings. The summed E-state index contributed by atoms with van der Waals surface area (Å²) in [7, 11) is 1.69. The van der Waals surface area contributed by atoms with E-state index in [0.717, 1.165) is 0 Å². The lowest BCUT2D eigenvalue weighted by atomic mass is 10.1. The highest BCUT2D eigenvalue weighted by Gasteiger charge is 2.14. The molecule has 0 aliphatic rings. The zero-order valence-electron chi connectivity index (χ0n) is 10.8. The molecule has 2 amide bonds. The first-order valence-electron chi connectivity index (χ1n) is 5.75. The number of anilines is 1. The van der Waals surface area contributed by atoms with Crippen LogP contribution >= 0.6 is 0 Å². The summed E-state index contributed by atoms with van der Waals surface area (Å²) in [4.78, 5) is 24.1. The Kier molecular flexibility index (Phi) is 4.71. The summed E-state index contributed by atoms with van der Waals surface area (Å²) < 4.78 is 0. The van der Waals surface area contributed by atoms with Gasteiger partial charge in [0, 0.05) is 18.8 Å². The normalized spacial score (nSPS) is 10.2. The Bertz CT molecular complexity index is 444. The molecule has 0 spiro atoms. The maximum atomic E-state index is 11.9. The van der Waals surface area contributed by atoms with E-state index >= 15 is 0 Å². The van der Waals surface area contributed by atoms with Gasteiger partial charge in [0.1, 0.15) is 0 Å². The van der Waals surface area contributed by atoms with Gasteiger partial charge >= 0.3 is 12.0 Å². The molecule has 0 aromatic heterocycles. The maximum absolute atomic E-state index is 11.9. The van der Waals surface area contributed by atoms with Crippen molar-refractivity contribution in [2.75, 3.05) is 12.4 Å². The van der Waals surface area contributed by atoms with E-state index in [4.69, 9.17) is 5.11 Å². The fourth-order valence-corrected chi connectivity index (χ4v) is 1.40. The fraction of sp³-hybridized carbons (Fsp3) is 0.385. The van der Waals surface area contributed by atoms with Crippen molar-refractivity contribution in [3.63, 3.8) is 0 Å². The number of amides is 2. The van der Waals surface area contributed by atoms with Crippen LogP contribution in [0.15, 0.2) is 24.3 Å². The number of carbonyl (C=O) groups excluding carboxylic acids is 1. The monoisotopic (exact) mass is 250 g/mol. The Hall–Kier alpha value is -2.04. The maximum Gasteiger partial charge on any atom is 0.321 e. The molecule has 0 atom stereocenters. The molecule has 0 radical (unpaired) electrons. The largest absolute Gasteiger partial charge is 0.481 e. The summed E-state index contributed by atoms with van der Waals surface area (Å²) in [5.74, 6) is -0.922. The molecule has 98 valence electrons. The van der Waals surface area contributed by atoms with E-state index in [1.54, 1.807) is 36.2 Å². The van der Waals surface area contributed by atoms with Crippen molar-refractivity contribution >= 4 is 17.7 Å².